The van der Waals surface area contributed by atoms with Gasteiger partial charge in [-0.2, -0.15) is 0 Å². The van der Waals surface area contributed by atoms with E-state index in [-0.39, 0.29) is 28.7 Å². The van der Waals surface area contributed by atoms with Crippen LogP contribution in [0.5, 0.6) is 0 Å². The molecule has 1 aromatic heterocycles. The highest BCUT2D eigenvalue weighted by Gasteiger charge is 2.16. The predicted octanol–water partition coefficient (Wildman–Crippen LogP) is 2.76. The molecule has 0 saturated heterocycles. The van der Waals surface area contributed by atoms with Crippen LogP contribution in [0.25, 0.3) is 11.5 Å². The van der Waals surface area contributed by atoms with Crippen molar-refractivity contribution in [3.05, 3.63) is 41.0 Å². The summed E-state index contributed by atoms with van der Waals surface area (Å²) in [6.07, 6.45) is 0.936. The lowest BCUT2D eigenvalue weighted by molar-refractivity contribution is -0.136. The minimum absolute atomic E-state index is 0.0237. The molecule has 4 nitrogen and oxygen atoms in total. The second kappa shape index (κ2) is 4.55. The molecule has 6 heteroatoms. The number of carboxylic acids is 1. The lowest BCUT2D eigenvalue weighted by Gasteiger charge is -2.00. The van der Waals surface area contributed by atoms with Gasteiger partial charge in [0.15, 0.2) is 0 Å². The summed E-state index contributed by atoms with van der Waals surface area (Å²) < 4.78 is 18.6. The van der Waals surface area contributed by atoms with E-state index in [1.54, 1.807) is 0 Å². The van der Waals surface area contributed by atoms with E-state index in [2.05, 4.69) is 4.98 Å². The summed E-state index contributed by atoms with van der Waals surface area (Å²) in [7, 11) is 0. The van der Waals surface area contributed by atoms with Crippen molar-refractivity contribution >= 4 is 17.6 Å². The Morgan fingerprint density at radius 1 is 1.53 bits per heavy atom. The van der Waals surface area contributed by atoms with Gasteiger partial charge < -0.3 is 9.52 Å². The number of nitrogens with zero attached hydrogens (tertiary/aromatic N) is 1. The van der Waals surface area contributed by atoms with Crippen molar-refractivity contribution in [3.63, 3.8) is 0 Å². The van der Waals surface area contributed by atoms with Crippen LogP contribution < -0.4 is 0 Å². The first kappa shape index (κ1) is 11.6. The molecule has 2 rings (SSSR count). The number of oxazole rings is 1. The maximum absolute atomic E-state index is 13.5. The van der Waals surface area contributed by atoms with Gasteiger partial charge in [0.2, 0.25) is 5.89 Å². The molecule has 0 aliphatic carbocycles. The third kappa shape index (κ3) is 2.45. The van der Waals surface area contributed by atoms with E-state index in [0.29, 0.717) is 0 Å². The zero-order chi connectivity index (χ0) is 12.4. The number of benzene rings is 1. The average Bonchev–Trinajstić information content (AvgIpc) is 2.65. The molecule has 17 heavy (non-hydrogen) atoms. The number of aromatic nitrogens is 1. The van der Waals surface area contributed by atoms with Crippen molar-refractivity contribution in [3.8, 4) is 11.5 Å². The zero-order valence-corrected chi connectivity index (χ0v) is 9.24. The van der Waals surface area contributed by atoms with Crippen LogP contribution in [0.15, 0.2) is 28.8 Å². The quantitative estimate of drug-likeness (QED) is 0.916. The molecule has 0 unspecified atom stereocenters. The van der Waals surface area contributed by atoms with Gasteiger partial charge in [-0.3, -0.25) is 4.79 Å². The van der Waals surface area contributed by atoms with Crippen LogP contribution in [0.2, 0.25) is 5.02 Å². The Balaban J connectivity index is 2.40. The van der Waals surface area contributed by atoms with Gasteiger partial charge in [0.05, 0.1) is 16.8 Å². The Morgan fingerprint density at radius 3 is 2.94 bits per heavy atom. The largest absolute Gasteiger partial charge is 0.481 e. The van der Waals surface area contributed by atoms with Crippen LogP contribution in [0.1, 0.15) is 5.76 Å². The fraction of sp³-hybridized carbons (Fsp3) is 0.0909. The SMILES string of the molecule is O=C(O)Cc1cnc(-c2c(F)cccc2Cl)o1. The summed E-state index contributed by atoms with van der Waals surface area (Å²) in [5.41, 5.74) is 0.0332. The van der Waals surface area contributed by atoms with Crippen LogP contribution in [-0.4, -0.2) is 16.1 Å². The van der Waals surface area contributed by atoms with Crippen LogP contribution in [-0.2, 0) is 11.2 Å². The molecule has 1 N–H and O–H groups in total. The molecule has 1 aromatic carbocycles. The maximum Gasteiger partial charge on any atom is 0.311 e. The number of hydrogen-bond donors (Lipinski definition) is 1. The van der Waals surface area contributed by atoms with Crippen molar-refractivity contribution < 1.29 is 18.7 Å². The van der Waals surface area contributed by atoms with Gasteiger partial charge in [0.1, 0.15) is 18.0 Å². The minimum atomic E-state index is -1.05. The summed E-state index contributed by atoms with van der Waals surface area (Å²) in [5.74, 6) is -1.50. The standard InChI is InChI=1S/C11H7ClFNO3/c12-7-2-1-3-8(13)10(7)11-14-5-6(17-11)4-9(15)16/h1-3,5H,4H2,(H,15,16). The Labute approximate surface area is 101 Å². The van der Waals surface area contributed by atoms with E-state index in [1.807, 2.05) is 0 Å². The van der Waals surface area contributed by atoms with E-state index < -0.39 is 11.8 Å². The first-order valence-electron chi connectivity index (χ1n) is 4.69. The highest BCUT2D eigenvalue weighted by molar-refractivity contribution is 6.33. The average molecular weight is 256 g/mol. The molecule has 0 bridgehead atoms. The summed E-state index contributed by atoms with van der Waals surface area (Å²) in [6.45, 7) is 0. The van der Waals surface area contributed by atoms with Crippen molar-refractivity contribution in [2.45, 2.75) is 6.42 Å². The first-order chi connectivity index (χ1) is 8.08. The Bertz CT molecular complexity index is 547. The summed E-state index contributed by atoms with van der Waals surface area (Å²) >= 11 is 5.82. The molecule has 0 aliphatic rings. The molecule has 0 saturated carbocycles. The first-order valence-corrected chi connectivity index (χ1v) is 5.06. The predicted molar refractivity (Wildman–Crippen MR) is 58.2 cm³/mol. The lowest BCUT2D eigenvalue weighted by atomic mass is 10.2. The van der Waals surface area contributed by atoms with Gasteiger partial charge in [-0.25, -0.2) is 9.37 Å². The van der Waals surface area contributed by atoms with Crippen molar-refractivity contribution in [1.29, 1.82) is 0 Å². The van der Waals surface area contributed by atoms with E-state index in [4.69, 9.17) is 21.1 Å². The van der Waals surface area contributed by atoms with Gasteiger partial charge in [-0.1, -0.05) is 17.7 Å². The second-order valence-corrected chi connectivity index (χ2v) is 3.71. The van der Waals surface area contributed by atoms with Gasteiger partial charge in [0.25, 0.3) is 0 Å². The van der Waals surface area contributed by atoms with E-state index in [9.17, 15) is 9.18 Å². The Kier molecular flexibility index (Phi) is 3.10. The number of rotatable bonds is 3. The van der Waals surface area contributed by atoms with E-state index >= 15 is 0 Å². The molecule has 88 valence electrons. The number of carboxylic acid groups (broad SMARTS) is 1. The third-order valence-electron chi connectivity index (χ3n) is 2.06. The van der Waals surface area contributed by atoms with Crippen LogP contribution in [0, 0.1) is 5.82 Å². The van der Waals surface area contributed by atoms with Gasteiger partial charge in [-0.05, 0) is 12.1 Å². The Morgan fingerprint density at radius 2 is 2.29 bits per heavy atom. The molecule has 0 aliphatic heterocycles. The number of carbonyl (C=O) groups is 1. The van der Waals surface area contributed by atoms with Crippen molar-refractivity contribution in [2.75, 3.05) is 0 Å². The molecule has 0 fully saturated rings. The van der Waals surface area contributed by atoms with Gasteiger partial charge >= 0.3 is 5.97 Å². The molecular weight excluding hydrogens is 249 g/mol. The zero-order valence-electron chi connectivity index (χ0n) is 8.48. The van der Waals surface area contributed by atoms with Crippen LogP contribution in [0.4, 0.5) is 4.39 Å². The molecular formula is C11H7ClFNO3. The number of hydrogen-bond acceptors (Lipinski definition) is 3. The minimum Gasteiger partial charge on any atom is -0.481 e. The van der Waals surface area contributed by atoms with Gasteiger partial charge in [0, 0.05) is 0 Å². The maximum atomic E-state index is 13.5. The number of aliphatic carboxylic acids is 1. The number of halogens is 2. The summed E-state index contributed by atoms with van der Waals surface area (Å²) in [5, 5.41) is 8.73. The lowest BCUT2D eigenvalue weighted by Crippen LogP contribution is -1.97. The van der Waals surface area contributed by atoms with Crippen molar-refractivity contribution in [1.82, 2.24) is 4.98 Å². The monoisotopic (exact) mass is 255 g/mol. The fourth-order valence-electron chi connectivity index (χ4n) is 1.36. The normalized spacial score (nSPS) is 10.5. The fourth-order valence-corrected chi connectivity index (χ4v) is 1.60. The summed E-state index contributed by atoms with van der Waals surface area (Å²) in [6, 6.07) is 4.19. The van der Waals surface area contributed by atoms with Crippen LogP contribution in [0.3, 0.4) is 0 Å². The molecule has 0 radical (unpaired) electrons. The van der Waals surface area contributed by atoms with E-state index in [0.717, 1.165) is 0 Å². The molecule has 0 spiro atoms. The second-order valence-electron chi connectivity index (χ2n) is 3.30. The topological polar surface area (TPSA) is 63.3 Å². The molecule has 0 amide bonds. The van der Waals surface area contributed by atoms with E-state index in [1.165, 1.54) is 24.4 Å². The van der Waals surface area contributed by atoms with Gasteiger partial charge in [-0.15, -0.1) is 0 Å². The Hall–Kier alpha value is -1.88. The highest BCUT2D eigenvalue weighted by atomic mass is 35.5. The molecule has 2 aromatic rings. The molecule has 0 atom stereocenters. The smallest absolute Gasteiger partial charge is 0.311 e. The highest BCUT2D eigenvalue weighted by Crippen LogP contribution is 2.29. The van der Waals surface area contributed by atoms with Crippen LogP contribution >= 0.6 is 11.6 Å². The summed E-state index contributed by atoms with van der Waals surface area (Å²) in [4.78, 5) is 14.3. The van der Waals surface area contributed by atoms with Crippen molar-refractivity contribution in [2.24, 2.45) is 0 Å². The molecule has 1 heterocycles. The third-order valence-corrected chi connectivity index (χ3v) is 2.37.